The molecule has 0 aliphatic carbocycles. The molecule has 1 saturated heterocycles. The van der Waals surface area contributed by atoms with Crippen molar-refractivity contribution in [3.05, 3.63) is 18.2 Å². The summed E-state index contributed by atoms with van der Waals surface area (Å²) in [4.78, 5) is 23.8. The van der Waals surface area contributed by atoms with Gasteiger partial charge in [-0.3, -0.25) is 9.59 Å². The van der Waals surface area contributed by atoms with Crippen LogP contribution in [0.2, 0.25) is 0 Å². The number of carbonyl (C=O) groups excluding carboxylic acids is 2. The van der Waals surface area contributed by atoms with E-state index in [0.29, 0.717) is 25.3 Å². The highest BCUT2D eigenvalue weighted by molar-refractivity contribution is 7.89. The SMILES string of the molecule is CCCC(=O)OCC(=O)Nc1cc(S(=O)(=O)N2CCCCC2)ccc1OC(C)C. The van der Waals surface area contributed by atoms with Crippen molar-refractivity contribution in [1.82, 2.24) is 4.31 Å². The number of amides is 1. The molecule has 29 heavy (non-hydrogen) atoms. The molecule has 9 heteroatoms. The Hall–Kier alpha value is -2.13. The lowest BCUT2D eigenvalue weighted by Crippen LogP contribution is -2.35. The van der Waals surface area contributed by atoms with Gasteiger partial charge in [0.15, 0.2) is 6.61 Å². The summed E-state index contributed by atoms with van der Waals surface area (Å²) in [6.45, 7) is 6.03. The van der Waals surface area contributed by atoms with Crippen molar-refractivity contribution in [2.75, 3.05) is 25.0 Å². The van der Waals surface area contributed by atoms with E-state index >= 15 is 0 Å². The molecule has 1 aliphatic heterocycles. The number of nitrogens with zero attached hydrogens (tertiary/aromatic N) is 1. The Morgan fingerprint density at radius 1 is 1.17 bits per heavy atom. The van der Waals surface area contributed by atoms with Crippen LogP contribution in [0.1, 0.15) is 52.9 Å². The number of sulfonamides is 1. The summed E-state index contributed by atoms with van der Waals surface area (Å²) in [5.74, 6) is -0.663. The molecule has 2 rings (SSSR count). The van der Waals surface area contributed by atoms with E-state index in [9.17, 15) is 18.0 Å². The van der Waals surface area contributed by atoms with Gasteiger partial charge in [0.2, 0.25) is 10.0 Å². The maximum Gasteiger partial charge on any atom is 0.306 e. The molecule has 0 bridgehead atoms. The number of piperidine rings is 1. The molecule has 1 heterocycles. The van der Waals surface area contributed by atoms with Gasteiger partial charge in [0.25, 0.3) is 5.91 Å². The number of esters is 1. The van der Waals surface area contributed by atoms with Gasteiger partial charge in [-0.1, -0.05) is 13.3 Å². The van der Waals surface area contributed by atoms with Gasteiger partial charge in [-0.05, 0) is 51.3 Å². The molecule has 162 valence electrons. The third-order valence-corrected chi connectivity index (χ3v) is 6.25. The van der Waals surface area contributed by atoms with Gasteiger partial charge in [-0.2, -0.15) is 4.31 Å². The van der Waals surface area contributed by atoms with E-state index in [1.54, 1.807) is 0 Å². The maximum atomic E-state index is 12.9. The molecule has 0 atom stereocenters. The first-order valence-corrected chi connectivity index (χ1v) is 11.4. The second kappa shape index (κ2) is 10.6. The summed E-state index contributed by atoms with van der Waals surface area (Å²) < 4.78 is 38.0. The fourth-order valence-electron chi connectivity index (χ4n) is 2.99. The van der Waals surface area contributed by atoms with Crippen LogP contribution in [0.25, 0.3) is 0 Å². The van der Waals surface area contributed by atoms with Gasteiger partial charge in [-0.25, -0.2) is 8.42 Å². The highest BCUT2D eigenvalue weighted by Crippen LogP contribution is 2.31. The van der Waals surface area contributed by atoms with Crippen LogP contribution in [0.5, 0.6) is 5.75 Å². The number of anilines is 1. The van der Waals surface area contributed by atoms with Crippen molar-refractivity contribution in [1.29, 1.82) is 0 Å². The van der Waals surface area contributed by atoms with E-state index in [0.717, 1.165) is 19.3 Å². The monoisotopic (exact) mass is 426 g/mol. The third-order valence-electron chi connectivity index (χ3n) is 4.36. The van der Waals surface area contributed by atoms with E-state index < -0.39 is 28.5 Å². The molecule has 0 saturated carbocycles. The van der Waals surface area contributed by atoms with Crippen molar-refractivity contribution in [2.24, 2.45) is 0 Å². The predicted octanol–water partition coefficient (Wildman–Crippen LogP) is 2.93. The van der Waals surface area contributed by atoms with Crippen molar-refractivity contribution >= 4 is 27.6 Å². The molecule has 0 radical (unpaired) electrons. The molecule has 1 aromatic carbocycles. The van der Waals surface area contributed by atoms with Crippen molar-refractivity contribution in [3.8, 4) is 5.75 Å². The van der Waals surface area contributed by atoms with Crippen molar-refractivity contribution in [2.45, 2.75) is 63.9 Å². The highest BCUT2D eigenvalue weighted by Gasteiger charge is 2.27. The fraction of sp³-hybridized carbons (Fsp3) is 0.600. The molecule has 1 N–H and O–H groups in total. The summed E-state index contributed by atoms with van der Waals surface area (Å²) >= 11 is 0. The van der Waals surface area contributed by atoms with Crippen LogP contribution >= 0.6 is 0 Å². The van der Waals surface area contributed by atoms with Gasteiger partial charge < -0.3 is 14.8 Å². The molecule has 1 amide bonds. The minimum absolute atomic E-state index is 0.0915. The summed E-state index contributed by atoms with van der Waals surface area (Å²) in [6, 6.07) is 4.42. The molecule has 1 fully saturated rings. The van der Waals surface area contributed by atoms with Gasteiger partial charge in [0.1, 0.15) is 5.75 Å². The molecular formula is C20H30N2O6S. The Bertz CT molecular complexity index is 816. The first-order chi connectivity index (χ1) is 13.7. The Morgan fingerprint density at radius 2 is 1.86 bits per heavy atom. The van der Waals surface area contributed by atoms with Gasteiger partial charge in [-0.15, -0.1) is 0 Å². The Morgan fingerprint density at radius 3 is 2.48 bits per heavy atom. The van der Waals surface area contributed by atoms with Crippen molar-refractivity contribution < 1.29 is 27.5 Å². The van der Waals surface area contributed by atoms with E-state index in [1.807, 2.05) is 20.8 Å². The number of hydrogen-bond donors (Lipinski definition) is 1. The zero-order chi connectivity index (χ0) is 21.4. The predicted molar refractivity (Wildman–Crippen MR) is 109 cm³/mol. The van der Waals surface area contributed by atoms with E-state index in [2.05, 4.69) is 5.32 Å². The molecule has 1 aliphatic rings. The van der Waals surface area contributed by atoms with Crippen molar-refractivity contribution in [3.63, 3.8) is 0 Å². The highest BCUT2D eigenvalue weighted by atomic mass is 32.2. The minimum Gasteiger partial charge on any atom is -0.489 e. The van der Waals surface area contributed by atoms with Gasteiger partial charge >= 0.3 is 5.97 Å². The zero-order valence-electron chi connectivity index (χ0n) is 17.3. The van der Waals surface area contributed by atoms with E-state index in [4.69, 9.17) is 9.47 Å². The Labute approximate surface area is 172 Å². The summed E-state index contributed by atoms with van der Waals surface area (Å²) in [6.07, 6.45) is 3.38. The van der Waals surface area contributed by atoms with E-state index in [1.165, 1.54) is 22.5 Å². The van der Waals surface area contributed by atoms with Gasteiger partial charge in [0.05, 0.1) is 16.7 Å². The van der Waals surface area contributed by atoms with Gasteiger partial charge in [0, 0.05) is 19.5 Å². The lowest BCUT2D eigenvalue weighted by molar-refractivity contribution is -0.147. The molecule has 0 spiro atoms. The van der Waals surface area contributed by atoms with E-state index in [-0.39, 0.29) is 23.1 Å². The number of nitrogens with one attached hydrogen (secondary N) is 1. The quantitative estimate of drug-likeness (QED) is 0.609. The molecular weight excluding hydrogens is 396 g/mol. The molecule has 8 nitrogen and oxygen atoms in total. The molecule has 1 aromatic rings. The first kappa shape index (κ1) is 23.2. The van der Waals surface area contributed by atoms with Crippen LogP contribution in [0.4, 0.5) is 5.69 Å². The normalized spacial score (nSPS) is 15.2. The average Bonchev–Trinajstić information content (AvgIpc) is 2.68. The zero-order valence-corrected chi connectivity index (χ0v) is 18.1. The topological polar surface area (TPSA) is 102 Å². The summed E-state index contributed by atoms with van der Waals surface area (Å²) in [5.41, 5.74) is 0.230. The number of rotatable bonds is 9. The standard InChI is InChI=1S/C20H30N2O6S/c1-4-8-20(24)27-14-19(23)21-17-13-16(9-10-18(17)28-15(2)3)29(25,26)22-11-6-5-7-12-22/h9-10,13,15H,4-8,11-12,14H2,1-3H3,(H,21,23). The number of carbonyl (C=O) groups is 2. The molecule has 0 unspecified atom stereocenters. The Balaban J connectivity index is 2.22. The van der Waals surface area contributed by atoms with Crippen LogP contribution < -0.4 is 10.1 Å². The third kappa shape index (κ3) is 6.71. The number of ether oxygens (including phenoxy) is 2. The fourth-order valence-corrected chi connectivity index (χ4v) is 4.53. The number of benzene rings is 1. The van der Waals surface area contributed by atoms with Crippen LogP contribution in [0, 0.1) is 0 Å². The summed E-state index contributed by atoms with van der Waals surface area (Å²) in [7, 11) is -3.66. The Kier molecular flexibility index (Phi) is 8.45. The van der Waals surface area contributed by atoms with Crippen LogP contribution in [-0.2, 0) is 24.3 Å². The minimum atomic E-state index is -3.66. The number of hydrogen-bond acceptors (Lipinski definition) is 6. The largest absolute Gasteiger partial charge is 0.489 e. The second-order valence-corrected chi connectivity index (χ2v) is 9.19. The average molecular weight is 427 g/mol. The van der Waals surface area contributed by atoms with Crippen LogP contribution in [-0.4, -0.2) is 50.4 Å². The lowest BCUT2D eigenvalue weighted by atomic mass is 10.2. The smallest absolute Gasteiger partial charge is 0.306 e. The lowest BCUT2D eigenvalue weighted by Gasteiger charge is -2.26. The summed E-state index contributed by atoms with van der Waals surface area (Å²) in [5, 5.41) is 2.60. The molecule has 0 aromatic heterocycles. The van der Waals surface area contributed by atoms with Crippen LogP contribution in [0.3, 0.4) is 0 Å². The second-order valence-electron chi connectivity index (χ2n) is 7.25. The van der Waals surface area contributed by atoms with Crippen LogP contribution in [0.15, 0.2) is 23.1 Å². The maximum absolute atomic E-state index is 12.9. The first-order valence-electron chi connectivity index (χ1n) is 10.0.